The predicted molar refractivity (Wildman–Crippen MR) is 168 cm³/mol. The molecule has 47 heavy (non-hydrogen) atoms. The third-order valence-electron chi connectivity index (χ3n) is 9.02. The summed E-state index contributed by atoms with van der Waals surface area (Å²) in [4.78, 5) is 58.6. The molecule has 1 aromatic heterocycles. The molecule has 3 aromatic rings. The molecule has 1 unspecified atom stereocenters. The molecule has 2 aliphatic heterocycles. The van der Waals surface area contributed by atoms with Gasteiger partial charge in [0.05, 0.1) is 17.5 Å². The van der Waals surface area contributed by atoms with E-state index in [1.165, 1.54) is 11.8 Å². The molecule has 4 atom stereocenters. The minimum Gasteiger partial charge on any atom is -0.444 e. The zero-order valence-electron chi connectivity index (χ0n) is 26.4. The van der Waals surface area contributed by atoms with Crippen molar-refractivity contribution in [1.82, 2.24) is 15.2 Å². The Morgan fingerprint density at radius 3 is 2.49 bits per heavy atom. The zero-order chi connectivity index (χ0) is 33.9. The fourth-order valence-corrected chi connectivity index (χ4v) is 6.82. The van der Waals surface area contributed by atoms with Crippen molar-refractivity contribution >= 4 is 35.3 Å². The summed E-state index contributed by atoms with van der Waals surface area (Å²) in [6.07, 6.45) is 1.68. The van der Waals surface area contributed by atoms with Crippen molar-refractivity contribution in [3.05, 3.63) is 88.6 Å². The molecule has 5 N–H and O–H groups in total. The number of benzene rings is 2. The van der Waals surface area contributed by atoms with Gasteiger partial charge in [0.15, 0.2) is 0 Å². The average molecular weight is 647 g/mol. The molecule has 1 spiro atoms. The van der Waals surface area contributed by atoms with Crippen molar-refractivity contribution in [3.63, 3.8) is 0 Å². The lowest BCUT2D eigenvalue weighted by Gasteiger charge is -2.47. The number of anilines is 2. The molecule has 1 saturated heterocycles. The van der Waals surface area contributed by atoms with E-state index < -0.39 is 64.7 Å². The van der Waals surface area contributed by atoms with Crippen LogP contribution < -0.4 is 21.7 Å². The second-order valence-electron chi connectivity index (χ2n) is 13.7. The summed E-state index contributed by atoms with van der Waals surface area (Å²) in [6.45, 7) is 5.98. The van der Waals surface area contributed by atoms with Crippen LogP contribution in [0.1, 0.15) is 62.4 Å². The third kappa shape index (κ3) is 6.02. The third-order valence-corrected chi connectivity index (χ3v) is 9.02. The van der Waals surface area contributed by atoms with Crippen LogP contribution >= 0.6 is 0 Å². The van der Waals surface area contributed by atoms with Gasteiger partial charge in [-0.15, -0.1) is 0 Å². The number of carbonyl (C=O) groups excluding carboxylic acids is 4. The number of nitrogens with zero attached hydrogens (tertiary/aromatic N) is 2. The van der Waals surface area contributed by atoms with Gasteiger partial charge in [0.25, 0.3) is 0 Å². The molecule has 2 aromatic carbocycles. The Balaban J connectivity index is 1.23. The molecule has 6 rings (SSSR count). The maximum atomic E-state index is 14.4. The molecule has 11 nitrogen and oxygen atoms in total. The number of halogens is 2. The Bertz CT molecular complexity index is 1790. The van der Waals surface area contributed by atoms with E-state index in [2.05, 4.69) is 20.9 Å². The lowest BCUT2D eigenvalue weighted by atomic mass is 9.79. The highest BCUT2D eigenvalue weighted by atomic mass is 19.1. The number of pyridine rings is 1. The number of aromatic nitrogens is 1. The fourth-order valence-electron chi connectivity index (χ4n) is 6.82. The van der Waals surface area contributed by atoms with Crippen molar-refractivity contribution in [2.45, 2.75) is 75.6 Å². The molecule has 246 valence electrons. The minimum atomic E-state index is -1.69. The average Bonchev–Trinajstić information content (AvgIpc) is 3.48. The number of fused-ring (bicyclic) bond motifs is 3. The van der Waals surface area contributed by atoms with E-state index in [1.807, 2.05) is 12.1 Å². The van der Waals surface area contributed by atoms with Gasteiger partial charge in [-0.25, -0.2) is 18.6 Å². The van der Waals surface area contributed by atoms with E-state index in [4.69, 9.17) is 10.5 Å². The van der Waals surface area contributed by atoms with Crippen LogP contribution in [0.25, 0.3) is 0 Å². The summed E-state index contributed by atoms with van der Waals surface area (Å²) in [5.74, 6) is -2.57. The maximum absolute atomic E-state index is 14.4. The highest BCUT2D eigenvalue weighted by molar-refractivity contribution is 6.06. The van der Waals surface area contributed by atoms with Crippen LogP contribution in [0.3, 0.4) is 0 Å². The topological polar surface area (TPSA) is 156 Å². The number of amides is 4. The molecule has 0 bridgehead atoms. The predicted octanol–water partition coefficient (Wildman–Crippen LogP) is 3.87. The number of hydrogen-bond acceptors (Lipinski definition) is 7. The first-order chi connectivity index (χ1) is 22.1. The van der Waals surface area contributed by atoms with Gasteiger partial charge < -0.3 is 31.3 Å². The number of piperidine rings is 1. The van der Waals surface area contributed by atoms with Gasteiger partial charge in [0.1, 0.15) is 35.1 Å². The van der Waals surface area contributed by atoms with Crippen LogP contribution in [-0.2, 0) is 37.4 Å². The van der Waals surface area contributed by atoms with Crippen molar-refractivity contribution in [1.29, 1.82) is 0 Å². The number of likely N-dealkylation sites (tertiary alicyclic amines) is 1. The molecule has 13 heteroatoms. The van der Waals surface area contributed by atoms with Crippen LogP contribution in [0.4, 0.5) is 25.1 Å². The molecule has 4 amide bonds. The van der Waals surface area contributed by atoms with E-state index in [0.29, 0.717) is 30.4 Å². The first kappa shape index (κ1) is 32.0. The molecule has 3 aliphatic rings. The lowest BCUT2D eigenvalue weighted by molar-refractivity contribution is -0.147. The SMILES string of the molecule is CC(C)(C)OC(=O)N[C@H]1C[C@@H](c2cc(F)cc(F)c2)N(CC(=O)Nc2ccc3c(c2)C[C@@]2(C3)C(=O)Nc3ncccc32)C(=O)C1(C)N. The van der Waals surface area contributed by atoms with E-state index >= 15 is 0 Å². The highest BCUT2D eigenvalue weighted by Crippen LogP contribution is 2.47. The Labute approximate surface area is 270 Å². The van der Waals surface area contributed by atoms with Gasteiger partial charge in [-0.2, -0.15) is 0 Å². The van der Waals surface area contributed by atoms with E-state index in [-0.39, 0.29) is 17.9 Å². The van der Waals surface area contributed by atoms with Gasteiger partial charge in [0, 0.05) is 23.5 Å². The molecule has 0 saturated carbocycles. The monoisotopic (exact) mass is 646 g/mol. The Morgan fingerprint density at radius 2 is 1.79 bits per heavy atom. The number of nitrogens with one attached hydrogen (secondary N) is 3. The van der Waals surface area contributed by atoms with Crippen molar-refractivity contribution in [2.75, 3.05) is 17.2 Å². The molecule has 0 radical (unpaired) electrons. The second kappa shape index (κ2) is 11.4. The van der Waals surface area contributed by atoms with Crippen molar-refractivity contribution in [3.8, 4) is 0 Å². The Morgan fingerprint density at radius 1 is 1.09 bits per heavy atom. The van der Waals surface area contributed by atoms with Crippen LogP contribution in [0.15, 0.2) is 54.7 Å². The summed E-state index contributed by atoms with van der Waals surface area (Å²) in [7, 11) is 0. The van der Waals surface area contributed by atoms with Gasteiger partial charge in [-0.05, 0) is 94.0 Å². The van der Waals surface area contributed by atoms with Crippen LogP contribution in [0.2, 0.25) is 0 Å². The number of ether oxygens (including phenoxy) is 1. The summed E-state index contributed by atoms with van der Waals surface area (Å²) < 4.78 is 34.1. The van der Waals surface area contributed by atoms with E-state index in [0.717, 1.165) is 28.8 Å². The van der Waals surface area contributed by atoms with Crippen LogP contribution in [0, 0.1) is 11.6 Å². The quantitative estimate of drug-likeness (QED) is 0.328. The number of alkyl carbamates (subject to hydrolysis) is 1. The zero-order valence-corrected chi connectivity index (χ0v) is 26.4. The van der Waals surface area contributed by atoms with Gasteiger partial charge in [0.2, 0.25) is 17.7 Å². The molecular weight excluding hydrogens is 610 g/mol. The summed E-state index contributed by atoms with van der Waals surface area (Å²) in [6, 6.07) is 9.94. The first-order valence-corrected chi connectivity index (χ1v) is 15.3. The number of hydrogen-bond donors (Lipinski definition) is 4. The normalized spacial score (nSPS) is 24.9. The number of rotatable bonds is 5. The molecular formula is C34H36F2N6O5. The standard InChI is InChI=1S/C34H36F2N6O5/c1-32(2,3)47-31(46)40-26-14-25(19-10-21(35)13-22(36)11-19)42(30(45)33(26,4)37)17-27(43)39-23-8-7-18-15-34(16-20(18)12-23)24-6-5-9-38-28(24)41-29(34)44/h5-13,25-26H,14-17,37H2,1-4H3,(H,39,43)(H,40,46)(H,38,41,44)/t25-,26-,33?,34+/m0/s1. The maximum Gasteiger partial charge on any atom is 0.407 e. The van der Waals surface area contributed by atoms with Crippen molar-refractivity contribution < 1.29 is 32.7 Å². The summed E-state index contributed by atoms with van der Waals surface area (Å²) >= 11 is 0. The fraction of sp³-hybridized carbons (Fsp3) is 0.382. The lowest BCUT2D eigenvalue weighted by Crippen LogP contribution is -2.70. The van der Waals surface area contributed by atoms with Gasteiger partial charge in [-0.3, -0.25) is 14.4 Å². The Hall–Kier alpha value is -4.91. The summed E-state index contributed by atoms with van der Waals surface area (Å²) in [5.41, 5.74) is 6.43. The molecule has 1 aliphatic carbocycles. The van der Waals surface area contributed by atoms with Gasteiger partial charge in [-0.1, -0.05) is 12.1 Å². The minimum absolute atomic E-state index is 0.0481. The van der Waals surface area contributed by atoms with E-state index in [1.54, 1.807) is 45.2 Å². The largest absolute Gasteiger partial charge is 0.444 e. The second-order valence-corrected chi connectivity index (χ2v) is 13.7. The van der Waals surface area contributed by atoms with Crippen LogP contribution in [-0.4, -0.2) is 57.4 Å². The first-order valence-electron chi connectivity index (χ1n) is 15.3. The van der Waals surface area contributed by atoms with Crippen molar-refractivity contribution in [2.24, 2.45) is 5.73 Å². The van der Waals surface area contributed by atoms with E-state index in [9.17, 15) is 28.0 Å². The number of nitrogens with two attached hydrogens (primary N) is 1. The Kier molecular flexibility index (Phi) is 7.78. The number of carbonyl (C=O) groups is 4. The van der Waals surface area contributed by atoms with Crippen LogP contribution in [0.5, 0.6) is 0 Å². The smallest absolute Gasteiger partial charge is 0.407 e. The molecule has 1 fully saturated rings. The van der Waals surface area contributed by atoms with Gasteiger partial charge >= 0.3 is 6.09 Å². The highest BCUT2D eigenvalue weighted by Gasteiger charge is 2.52. The molecule has 3 heterocycles. The summed E-state index contributed by atoms with van der Waals surface area (Å²) in [5, 5.41) is 8.33.